The molecule has 0 aliphatic heterocycles. The minimum Gasteiger partial charge on any atom is -0.465 e. The van der Waals surface area contributed by atoms with Crippen molar-refractivity contribution in [1.82, 2.24) is 0 Å². The van der Waals surface area contributed by atoms with Crippen molar-refractivity contribution in [1.29, 1.82) is 0 Å². The Bertz CT molecular complexity index is 1290. The van der Waals surface area contributed by atoms with Gasteiger partial charge in [-0.25, -0.2) is 9.59 Å². The maximum atomic E-state index is 11.1. The Morgan fingerprint density at radius 1 is 0.436 bits per heavy atom. The second-order valence-electron chi connectivity index (χ2n) is 8.58. The second-order valence-corrected chi connectivity index (χ2v) is 12.0. The van der Waals surface area contributed by atoms with Crippen molar-refractivity contribution in [2.45, 2.75) is 0 Å². The third-order valence-corrected chi connectivity index (χ3v) is 10.6. The summed E-state index contributed by atoms with van der Waals surface area (Å²) in [6, 6.07) is 50.0. The van der Waals surface area contributed by atoms with E-state index in [4.69, 9.17) is 0 Å². The normalized spacial score (nSPS) is 10.5. The van der Waals surface area contributed by atoms with Crippen LogP contribution in [0.4, 0.5) is 0 Å². The topological polar surface area (TPSA) is 52.6 Å². The number of hydrogen-bond donors (Lipinski definition) is 0. The molecule has 0 aliphatic carbocycles. The molecule has 5 aromatic carbocycles. The van der Waals surface area contributed by atoms with Crippen LogP contribution >= 0.6 is 7.26 Å². The Balaban J connectivity index is 0.000000215. The predicted molar refractivity (Wildman–Crippen MR) is 160 cm³/mol. The number of esters is 2. The van der Waals surface area contributed by atoms with Gasteiger partial charge in [-0.15, -0.1) is 0 Å². The molecule has 0 saturated carbocycles. The van der Waals surface area contributed by atoms with Gasteiger partial charge in [-0.1, -0.05) is 78.9 Å². The molecule has 0 spiro atoms. The highest BCUT2D eigenvalue weighted by Crippen LogP contribution is 2.53. The first-order valence-electron chi connectivity index (χ1n) is 12.5. The molecule has 5 aromatic rings. The minimum absolute atomic E-state index is 0.329. The number of carbonyl (C=O) groups excluding carboxylic acids is 2. The monoisotopic (exact) mass is 533 g/mol. The number of benzene rings is 5. The van der Waals surface area contributed by atoms with E-state index in [-0.39, 0.29) is 0 Å². The van der Waals surface area contributed by atoms with E-state index in [0.29, 0.717) is 11.1 Å². The first-order chi connectivity index (χ1) is 19.1. The van der Waals surface area contributed by atoms with E-state index < -0.39 is 19.2 Å². The fraction of sp³-hybridized carbons (Fsp3) is 0.0588. The van der Waals surface area contributed by atoms with Gasteiger partial charge in [0, 0.05) is 0 Å². The van der Waals surface area contributed by atoms with Crippen LogP contribution < -0.4 is 21.2 Å². The van der Waals surface area contributed by atoms with Gasteiger partial charge < -0.3 is 9.47 Å². The molecule has 0 aliphatic rings. The summed E-state index contributed by atoms with van der Waals surface area (Å²) in [5, 5.41) is 5.55. The van der Waals surface area contributed by atoms with E-state index in [1.54, 1.807) is 18.2 Å². The summed E-state index contributed by atoms with van der Waals surface area (Å²) in [5.41, 5.74) is 0.658. The fourth-order valence-electron chi connectivity index (χ4n) is 4.51. The molecule has 0 saturated heterocycles. The molecule has 0 aromatic heterocycles. The average molecular weight is 534 g/mol. The Morgan fingerprint density at radius 3 is 0.974 bits per heavy atom. The van der Waals surface area contributed by atoms with Gasteiger partial charge >= 0.3 is 11.9 Å². The largest absolute Gasteiger partial charge is 0.465 e. The molecule has 0 radical (unpaired) electrons. The van der Waals surface area contributed by atoms with Gasteiger partial charge in [-0.05, 0) is 66.7 Å². The fourth-order valence-corrected chi connectivity index (χ4v) is 8.78. The molecular weight excluding hydrogens is 503 g/mol. The molecule has 0 N–H and O–H groups in total. The summed E-state index contributed by atoms with van der Waals surface area (Å²) in [7, 11) is 0.664. The van der Waals surface area contributed by atoms with E-state index >= 15 is 0 Å². The van der Waals surface area contributed by atoms with Crippen LogP contribution in [0.5, 0.6) is 0 Å². The molecule has 0 amide bonds. The SMILES string of the molecule is COC(=O)c1cccc(C(=O)OC)c1.c1ccc([P+](c2ccccc2)(c2ccccc2)c2ccccc2)cc1. The predicted octanol–water partition coefficient (Wildman–Crippen LogP) is 5.57. The Labute approximate surface area is 230 Å². The van der Waals surface area contributed by atoms with Crippen LogP contribution in [0.2, 0.25) is 0 Å². The first-order valence-corrected chi connectivity index (χ1v) is 14.3. The zero-order valence-corrected chi connectivity index (χ0v) is 22.8. The van der Waals surface area contributed by atoms with Gasteiger partial charge in [0.15, 0.2) is 0 Å². The Kier molecular flexibility index (Phi) is 9.39. The number of ether oxygens (including phenoxy) is 2. The minimum atomic E-state index is -1.91. The lowest BCUT2D eigenvalue weighted by Crippen LogP contribution is -2.38. The Hall–Kier alpha value is -4.53. The summed E-state index contributed by atoms with van der Waals surface area (Å²) in [6.45, 7) is 0. The van der Waals surface area contributed by atoms with Crippen LogP contribution in [0.15, 0.2) is 146 Å². The van der Waals surface area contributed by atoms with E-state index in [0.717, 1.165) is 0 Å². The van der Waals surface area contributed by atoms with Crippen molar-refractivity contribution in [2.24, 2.45) is 0 Å². The van der Waals surface area contributed by atoms with Crippen LogP contribution in [0, 0.1) is 0 Å². The number of carbonyl (C=O) groups is 2. The van der Waals surface area contributed by atoms with E-state index in [1.165, 1.54) is 41.5 Å². The molecule has 0 atom stereocenters. The molecule has 5 heteroatoms. The van der Waals surface area contributed by atoms with Crippen molar-refractivity contribution in [3.63, 3.8) is 0 Å². The summed E-state index contributed by atoms with van der Waals surface area (Å²) in [4.78, 5) is 22.2. The van der Waals surface area contributed by atoms with Crippen molar-refractivity contribution in [3.05, 3.63) is 157 Å². The highest BCUT2D eigenvalue weighted by molar-refractivity contribution is 8.01. The van der Waals surface area contributed by atoms with Gasteiger partial charge in [0.05, 0.1) is 25.3 Å². The molecule has 194 valence electrons. The molecular formula is C34H30O4P+. The second kappa shape index (κ2) is 13.3. The molecule has 0 heterocycles. The van der Waals surface area contributed by atoms with Gasteiger partial charge in [0.2, 0.25) is 0 Å². The van der Waals surface area contributed by atoms with Gasteiger partial charge in [-0.2, -0.15) is 0 Å². The van der Waals surface area contributed by atoms with Crippen molar-refractivity contribution in [2.75, 3.05) is 14.2 Å². The first kappa shape index (κ1) is 27.5. The summed E-state index contributed by atoms with van der Waals surface area (Å²) in [5.74, 6) is -0.952. The molecule has 39 heavy (non-hydrogen) atoms. The van der Waals surface area contributed by atoms with E-state index in [1.807, 2.05) is 0 Å². The summed E-state index contributed by atoms with van der Waals surface area (Å²) in [6.07, 6.45) is 0. The molecule has 0 bridgehead atoms. The lowest BCUT2D eigenvalue weighted by atomic mass is 10.1. The summed E-state index contributed by atoms with van der Waals surface area (Å²) >= 11 is 0. The smallest absolute Gasteiger partial charge is 0.337 e. The third kappa shape index (κ3) is 6.14. The van der Waals surface area contributed by atoms with Gasteiger partial charge in [0.25, 0.3) is 0 Å². The third-order valence-electron chi connectivity index (χ3n) is 6.28. The maximum absolute atomic E-state index is 11.1. The van der Waals surface area contributed by atoms with Crippen LogP contribution in [0.1, 0.15) is 20.7 Å². The summed E-state index contributed by atoms with van der Waals surface area (Å²) < 4.78 is 9.03. The van der Waals surface area contributed by atoms with Gasteiger partial charge in [0.1, 0.15) is 28.5 Å². The highest BCUT2D eigenvalue weighted by Gasteiger charge is 2.47. The molecule has 0 fully saturated rings. The zero-order valence-electron chi connectivity index (χ0n) is 21.9. The number of methoxy groups -OCH3 is 2. The quantitative estimate of drug-likeness (QED) is 0.212. The maximum Gasteiger partial charge on any atom is 0.337 e. The van der Waals surface area contributed by atoms with Crippen molar-refractivity contribution in [3.8, 4) is 0 Å². The van der Waals surface area contributed by atoms with Crippen molar-refractivity contribution >= 4 is 40.4 Å². The van der Waals surface area contributed by atoms with Crippen LogP contribution in [-0.2, 0) is 9.47 Å². The highest BCUT2D eigenvalue weighted by atomic mass is 31.2. The number of rotatable bonds is 6. The number of hydrogen-bond acceptors (Lipinski definition) is 4. The van der Waals surface area contributed by atoms with Crippen molar-refractivity contribution < 1.29 is 19.1 Å². The lowest BCUT2D eigenvalue weighted by molar-refractivity contribution is 0.0599. The van der Waals surface area contributed by atoms with Crippen LogP contribution in [-0.4, -0.2) is 26.2 Å². The van der Waals surface area contributed by atoms with Gasteiger partial charge in [-0.3, -0.25) is 0 Å². The van der Waals surface area contributed by atoms with Crippen LogP contribution in [0.3, 0.4) is 0 Å². The standard InChI is InChI=1S/C24H20P.C10H10O4/c1-5-13-21(14-6-1)25(22-15-7-2-8-16-22,23-17-9-3-10-18-23)24-19-11-4-12-20-24;1-13-9(11)7-4-3-5-8(6-7)10(12)14-2/h1-20H;3-6H,1-2H3/q+1;. The molecule has 5 rings (SSSR count). The molecule has 4 nitrogen and oxygen atoms in total. The average Bonchev–Trinajstić information content (AvgIpc) is 3.03. The Morgan fingerprint density at radius 2 is 0.718 bits per heavy atom. The van der Waals surface area contributed by atoms with E-state index in [2.05, 4.69) is 131 Å². The lowest BCUT2D eigenvalue weighted by Gasteiger charge is -2.27. The van der Waals surface area contributed by atoms with Crippen LogP contribution in [0.25, 0.3) is 0 Å². The zero-order chi connectivity index (χ0) is 27.5. The van der Waals surface area contributed by atoms with E-state index in [9.17, 15) is 9.59 Å². The molecule has 0 unspecified atom stereocenters.